The van der Waals surface area contributed by atoms with Gasteiger partial charge in [0.2, 0.25) is 0 Å². The van der Waals surface area contributed by atoms with Crippen molar-refractivity contribution in [2.45, 2.75) is 44.4 Å². The van der Waals surface area contributed by atoms with Crippen molar-refractivity contribution in [1.82, 2.24) is 9.55 Å². The minimum absolute atomic E-state index is 0.0221. The van der Waals surface area contributed by atoms with Gasteiger partial charge in [-0.15, -0.1) is 0 Å². The van der Waals surface area contributed by atoms with E-state index in [9.17, 15) is 19.5 Å². The normalized spacial score (nSPS) is 17.7. The highest BCUT2D eigenvalue weighted by molar-refractivity contribution is 5.87. The van der Waals surface area contributed by atoms with E-state index in [-0.39, 0.29) is 25.3 Å². The Bertz CT molecular complexity index is 1600. The number of benzene rings is 3. The van der Waals surface area contributed by atoms with Crippen LogP contribution in [0.3, 0.4) is 0 Å². The van der Waals surface area contributed by atoms with Crippen LogP contribution in [0.5, 0.6) is 0 Å². The lowest BCUT2D eigenvalue weighted by Gasteiger charge is -2.24. The maximum Gasteiger partial charge on any atom is 0.415 e. The molecule has 0 spiro atoms. The van der Waals surface area contributed by atoms with Crippen LogP contribution >= 0.6 is 0 Å². The van der Waals surface area contributed by atoms with Gasteiger partial charge in [0.05, 0.1) is 12.7 Å². The van der Waals surface area contributed by atoms with Gasteiger partial charge in [0.1, 0.15) is 24.2 Å². The zero-order chi connectivity index (χ0) is 28.8. The smallest absolute Gasteiger partial charge is 0.415 e. The summed E-state index contributed by atoms with van der Waals surface area (Å²) in [4.78, 5) is 45.5. The Morgan fingerprint density at radius 1 is 1.00 bits per heavy atom. The number of amides is 1. The molecule has 1 aliphatic rings. The SMILES string of the molecule is C[C@@]1(C/C=C/c2ccccc2)C[C@@H](C(=O)O)n2c1ncc(N(Cc1ccccc1)C(=O)OCc1ccccc1)c2=O. The molecule has 0 fully saturated rings. The molecule has 1 aliphatic heterocycles. The van der Waals surface area contributed by atoms with Crippen LogP contribution in [0.25, 0.3) is 6.08 Å². The molecule has 3 aromatic carbocycles. The molecule has 0 bridgehead atoms. The fraction of sp³-hybridized carbons (Fsp3) is 0.212. The van der Waals surface area contributed by atoms with E-state index < -0.39 is 29.1 Å². The predicted molar refractivity (Wildman–Crippen MR) is 156 cm³/mol. The molecule has 0 saturated carbocycles. The van der Waals surface area contributed by atoms with Crippen LogP contribution in [-0.2, 0) is 28.1 Å². The van der Waals surface area contributed by atoms with Gasteiger partial charge >= 0.3 is 12.1 Å². The number of nitrogens with zero attached hydrogens (tertiary/aromatic N) is 3. The van der Waals surface area contributed by atoms with Gasteiger partial charge in [0, 0.05) is 5.41 Å². The van der Waals surface area contributed by atoms with Crippen molar-refractivity contribution in [3.63, 3.8) is 0 Å². The Kier molecular flexibility index (Phi) is 8.10. The van der Waals surface area contributed by atoms with E-state index in [0.29, 0.717) is 12.2 Å². The molecule has 1 amide bonds. The van der Waals surface area contributed by atoms with E-state index in [2.05, 4.69) is 4.98 Å². The number of allylic oxidation sites excluding steroid dienone is 1. The molecular formula is C33H31N3O5. The Balaban J connectivity index is 1.49. The number of carbonyl (C=O) groups is 2. The van der Waals surface area contributed by atoms with Gasteiger partial charge in [0.15, 0.2) is 0 Å². The third kappa shape index (κ3) is 6.11. The minimum atomic E-state index is -1.12. The first-order chi connectivity index (χ1) is 19.9. The summed E-state index contributed by atoms with van der Waals surface area (Å²) in [5.41, 5.74) is 1.28. The molecule has 0 unspecified atom stereocenters. The van der Waals surface area contributed by atoms with Crippen LogP contribution in [0.1, 0.15) is 48.3 Å². The topological polar surface area (TPSA) is 102 Å². The number of aromatic nitrogens is 2. The number of carboxylic acids is 1. The molecule has 8 heteroatoms. The molecule has 0 radical (unpaired) electrons. The van der Waals surface area contributed by atoms with Gasteiger partial charge in [-0.2, -0.15) is 0 Å². The number of hydrogen-bond acceptors (Lipinski definition) is 5. The van der Waals surface area contributed by atoms with Crippen LogP contribution < -0.4 is 10.5 Å². The predicted octanol–water partition coefficient (Wildman–Crippen LogP) is 5.98. The summed E-state index contributed by atoms with van der Waals surface area (Å²) in [5.74, 6) is -0.738. The van der Waals surface area contributed by atoms with Gasteiger partial charge in [-0.05, 0) is 29.5 Å². The molecule has 0 aliphatic carbocycles. The number of carboxylic acid groups (broad SMARTS) is 1. The molecule has 5 rings (SSSR count). The van der Waals surface area contributed by atoms with Crippen LogP contribution in [0.4, 0.5) is 10.5 Å². The summed E-state index contributed by atoms with van der Waals surface area (Å²) in [7, 11) is 0. The highest BCUT2D eigenvalue weighted by Gasteiger charge is 2.45. The Labute approximate surface area is 238 Å². The standard InChI is InChI=1S/C33H31N3O5/c1-33(19-11-18-24-12-5-2-6-13-24)20-27(30(38)39)36-29(37)28(21-34-31(33)36)35(22-25-14-7-3-8-15-25)32(40)41-23-26-16-9-4-10-17-26/h2-18,21,27H,19-20,22-23H2,1H3,(H,38,39)/b18-11+/t27-,33+/m0/s1. The van der Waals surface area contributed by atoms with Gasteiger partial charge in [-0.3, -0.25) is 14.3 Å². The zero-order valence-corrected chi connectivity index (χ0v) is 22.7. The highest BCUT2D eigenvalue weighted by atomic mass is 16.6. The van der Waals surface area contributed by atoms with Crippen molar-refractivity contribution in [2.24, 2.45) is 0 Å². The second-order valence-electron chi connectivity index (χ2n) is 10.4. The lowest BCUT2D eigenvalue weighted by atomic mass is 9.82. The Hall–Kier alpha value is -4.98. The molecule has 1 aromatic heterocycles. The lowest BCUT2D eigenvalue weighted by Crippen LogP contribution is -2.39. The molecule has 4 aromatic rings. The number of aliphatic carboxylic acids is 1. The van der Waals surface area contributed by atoms with E-state index in [1.54, 1.807) is 0 Å². The quantitative estimate of drug-likeness (QED) is 0.276. The van der Waals surface area contributed by atoms with Gasteiger partial charge in [-0.25, -0.2) is 14.6 Å². The van der Waals surface area contributed by atoms with Crippen LogP contribution in [-0.4, -0.2) is 26.7 Å². The first kappa shape index (κ1) is 27.6. The number of anilines is 1. The number of rotatable bonds is 9. The minimum Gasteiger partial charge on any atom is -0.480 e. The number of hydrogen-bond donors (Lipinski definition) is 1. The van der Waals surface area contributed by atoms with E-state index >= 15 is 0 Å². The van der Waals surface area contributed by atoms with Crippen LogP contribution in [0, 0.1) is 0 Å². The maximum absolute atomic E-state index is 14.0. The zero-order valence-electron chi connectivity index (χ0n) is 22.7. The molecule has 2 atom stereocenters. The fourth-order valence-electron chi connectivity index (χ4n) is 5.19. The number of ether oxygens (including phenoxy) is 1. The van der Waals surface area contributed by atoms with E-state index in [1.165, 1.54) is 15.7 Å². The average molecular weight is 550 g/mol. The summed E-state index contributed by atoms with van der Waals surface area (Å²) in [6, 6.07) is 27.1. The second kappa shape index (κ2) is 12.0. The van der Waals surface area contributed by atoms with E-state index in [0.717, 1.165) is 16.7 Å². The van der Waals surface area contributed by atoms with Gasteiger partial charge < -0.3 is 9.84 Å². The van der Waals surface area contributed by atoms with Crippen molar-refractivity contribution >= 4 is 23.8 Å². The highest BCUT2D eigenvalue weighted by Crippen LogP contribution is 2.42. The average Bonchev–Trinajstić information content (AvgIpc) is 3.30. The van der Waals surface area contributed by atoms with Crippen molar-refractivity contribution in [1.29, 1.82) is 0 Å². The third-order valence-electron chi connectivity index (χ3n) is 7.33. The third-order valence-corrected chi connectivity index (χ3v) is 7.33. The fourth-order valence-corrected chi connectivity index (χ4v) is 5.19. The first-order valence-corrected chi connectivity index (χ1v) is 13.4. The summed E-state index contributed by atoms with van der Waals surface area (Å²) >= 11 is 0. The first-order valence-electron chi connectivity index (χ1n) is 13.4. The largest absolute Gasteiger partial charge is 0.480 e. The molecule has 0 saturated heterocycles. The second-order valence-corrected chi connectivity index (χ2v) is 10.4. The summed E-state index contributed by atoms with van der Waals surface area (Å²) < 4.78 is 6.82. The van der Waals surface area contributed by atoms with E-state index in [1.807, 2.05) is 110 Å². The monoisotopic (exact) mass is 549 g/mol. The summed E-state index contributed by atoms with van der Waals surface area (Å²) in [6.45, 7) is 1.99. The summed E-state index contributed by atoms with van der Waals surface area (Å²) in [5, 5.41) is 10.1. The molecular weight excluding hydrogens is 518 g/mol. The molecule has 1 N–H and O–H groups in total. The van der Waals surface area contributed by atoms with Crippen LogP contribution in [0.2, 0.25) is 0 Å². The van der Waals surface area contributed by atoms with Crippen molar-refractivity contribution in [3.05, 3.63) is 136 Å². The number of carbonyl (C=O) groups excluding carboxylic acids is 1. The number of fused-ring (bicyclic) bond motifs is 1. The summed E-state index contributed by atoms with van der Waals surface area (Å²) in [6.07, 6.45) is 5.28. The molecule has 2 heterocycles. The Morgan fingerprint density at radius 2 is 1.61 bits per heavy atom. The van der Waals surface area contributed by atoms with Crippen LogP contribution in [0.15, 0.2) is 108 Å². The molecule has 41 heavy (non-hydrogen) atoms. The van der Waals surface area contributed by atoms with Gasteiger partial charge in [-0.1, -0.05) is 110 Å². The maximum atomic E-state index is 14.0. The molecule has 8 nitrogen and oxygen atoms in total. The van der Waals surface area contributed by atoms with Crippen molar-refractivity contribution < 1.29 is 19.4 Å². The van der Waals surface area contributed by atoms with E-state index in [4.69, 9.17) is 4.74 Å². The van der Waals surface area contributed by atoms with Gasteiger partial charge in [0.25, 0.3) is 5.56 Å². The van der Waals surface area contributed by atoms with Crippen molar-refractivity contribution in [2.75, 3.05) is 4.90 Å². The molecule has 208 valence electrons. The Morgan fingerprint density at radius 3 is 2.24 bits per heavy atom. The van der Waals surface area contributed by atoms with Crippen molar-refractivity contribution in [3.8, 4) is 0 Å². The lowest BCUT2D eigenvalue weighted by molar-refractivity contribution is -0.141.